The normalized spacial score (nSPS) is 11.3. The van der Waals surface area contributed by atoms with E-state index in [1.54, 1.807) is 12.3 Å². The summed E-state index contributed by atoms with van der Waals surface area (Å²) in [6.45, 7) is 0. The van der Waals surface area contributed by atoms with E-state index in [2.05, 4.69) is 15.0 Å². The number of fused-ring (bicyclic) bond motifs is 1. The number of H-pyrrole nitrogens is 1. The number of rotatable bonds is 4. The number of ether oxygens (including phenoxy) is 1. The van der Waals surface area contributed by atoms with Crippen LogP contribution in [0, 0.1) is 0 Å². The third-order valence-corrected chi connectivity index (χ3v) is 2.54. The molecule has 1 amide bonds. The first-order chi connectivity index (χ1) is 8.76. The molecule has 0 fully saturated rings. The Labute approximate surface area is 103 Å². The molecule has 0 saturated carbocycles. The summed E-state index contributed by atoms with van der Waals surface area (Å²) < 4.78 is 4.59. The van der Waals surface area contributed by atoms with E-state index in [-0.39, 0.29) is 5.70 Å². The van der Waals surface area contributed by atoms with Crippen LogP contribution in [0.15, 0.2) is 36.2 Å². The standard InChI is InChI=1S/C13H12N2O3/c1-18-13(17)12(15-8-16)6-9-7-14-11-5-3-2-4-10(9)11/h2-8,14H,1H3,(H,15,16)/b12-6+. The van der Waals surface area contributed by atoms with Gasteiger partial charge in [-0.05, 0) is 12.1 Å². The molecule has 5 heteroatoms. The highest BCUT2D eigenvalue weighted by atomic mass is 16.5. The number of hydrogen-bond donors (Lipinski definition) is 2. The van der Waals surface area contributed by atoms with Crippen molar-refractivity contribution in [1.82, 2.24) is 10.3 Å². The molecule has 0 unspecified atom stereocenters. The zero-order chi connectivity index (χ0) is 13.0. The van der Waals surface area contributed by atoms with Gasteiger partial charge < -0.3 is 15.0 Å². The van der Waals surface area contributed by atoms with Crippen molar-refractivity contribution >= 4 is 29.4 Å². The Morgan fingerprint density at radius 3 is 2.89 bits per heavy atom. The summed E-state index contributed by atoms with van der Waals surface area (Å²) in [5, 5.41) is 3.29. The number of aromatic nitrogens is 1. The van der Waals surface area contributed by atoms with Gasteiger partial charge in [0.2, 0.25) is 6.41 Å². The first-order valence-electron chi connectivity index (χ1n) is 5.32. The van der Waals surface area contributed by atoms with Crippen molar-refractivity contribution in [3.8, 4) is 0 Å². The first kappa shape index (κ1) is 11.9. The summed E-state index contributed by atoms with van der Waals surface area (Å²) in [6, 6.07) is 7.67. The Kier molecular flexibility index (Phi) is 3.43. The Bertz CT molecular complexity index is 613. The number of carbonyl (C=O) groups is 2. The van der Waals surface area contributed by atoms with Crippen molar-refractivity contribution in [3.05, 3.63) is 41.7 Å². The highest BCUT2D eigenvalue weighted by Gasteiger charge is 2.10. The average Bonchev–Trinajstić information content (AvgIpc) is 2.81. The van der Waals surface area contributed by atoms with E-state index in [4.69, 9.17) is 0 Å². The number of amides is 1. The minimum atomic E-state index is -0.590. The van der Waals surface area contributed by atoms with Gasteiger partial charge in [-0.3, -0.25) is 4.79 Å². The van der Waals surface area contributed by atoms with Crippen LogP contribution in [0.3, 0.4) is 0 Å². The predicted octanol–water partition coefficient (Wildman–Crippen LogP) is 1.43. The molecule has 0 atom stereocenters. The Balaban J connectivity index is 2.46. The minimum absolute atomic E-state index is 0.0947. The van der Waals surface area contributed by atoms with E-state index >= 15 is 0 Å². The Morgan fingerprint density at radius 2 is 2.17 bits per heavy atom. The lowest BCUT2D eigenvalue weighted by Gasteiger charge is -2.02. The van der Waals surface area contributed by atoms with Gasteiger partial charge >= 0.3 is 5.97 Å². The largest absolute Gasteiger partial charge is 0.464 e. The van der Waals surface area contributed by atoms with Crippen molar-refractivity contribution in [2.24, 2.45) is 0 Å². The number of benzene rings is 1. The van der Waals surface area contributed by atoms with Crippen molar-refractivity contribution in [2.45, 2.75) is 0 Å². The lowest BCUT2D eigenvalue weighted by Crippen LogP contribution is -2.19. The van der Waals surface area contributed by atoms with E-state index in [1.165, 1.54) is 7.11 Å². The molecule has 0 radical (unpaired) electrons. The van der Waals surface area contributed by atoms with Gasteiger partial charge in [0.15, 0.2) is 0 Å². The third kappa shape index (κ3) is 2.24. The molecule has 2 N–H and O–H groups in total. The maximum absolute atomic E-state index is 11.4. The molecule has 0 aliphatic rings. The van der Waals surface area contributed by atoms with Gasteiger partial charge in [0.1, 0.15) is 5.70 Å². The molecular formula is C13H12N2O3. The first-order valence-corrected chi connectivity index (χ1v) is 5.32. The van der Waals surface area contributed by atoms with Crippen molar-refractivity contribution in [1.29, 1.82) is 0 Å². The number of esters is 1. The van der Waals surface area contributed by atoms with Crippen molar-refractivity contribution < 1.29 is 14.3 Å². The van der Waals surface area contributed by atoms with Gasteiger partial charge in [0.25, 0.3) is 0 Å². The molecule has 0 aliphatic heterocycles. The second kappa shape index (κ2) is 5.18. The van der Waals surface area contributed by atoms with Crippen molar-refractivity contribution in [3.63, 3.8) is 0 Å². The van der Waals surface area contributed by atoms with Gasteiger partial charge in [0.05, 0.1) is 7.11 Å². The van der Waals surface area contributed by atoms with Gasteiger partial charge in [0, 0.05) is 22.7 Å². The molecule has 92 valence electrons. The lowest BCUT2D eigenvalue weighted by atomic mass is 10.1. The molecular weight excluding hydrogens is 232 g/mol. The van der Waals surface area contributed by atoms with E-state index in [9.17, 15) is 9.59 Å². The predicted molar refractivity (Wildman–Crippen MR) is 67.5 cm³/mol. The van der Waals surface area contributed by atoms with Crippen LogP contribution in [0.25, 0.3) is 17.0 Å². The number of aromatic amines is 1. The average molecular weight is 244 g/mol. The van der Waals surface area contributed by atoms with E-state index in [1.807, 2.05) is 24.3 Å². The zero-order valence-corrected chi connectivity index (χ0v) is 9.77. The van der Waals surface area contributed by atoms with E-state index in [0.717, 1.165) is 16.5 Å². The van der Waals surface area contributed by atoms with Gasteiger partial charge in [-0.15, -0.1) is 0 Å². The SMILES string of the molecule is COC(=O)/C(=C\c1c[nH]c2ccccc12)NC=O. The van der Waals surface area contributed by atoms with Crippen LogP contribution in [-0.4, -0.2) is 24.5 Å². The van der Waals surface area contributed by atoms with Crippen LogP contribution >= 0.6 is 0 Å². The number of nitrogens with one attached hydrogen (secondary N) is 2. The quantitative estimate of drug-likeness (QED) is 0.485. The second-order valence-electron chi connectivity index (χ2n) is 3.60. The number of carbonyl (C=O) groups excluding carboxylic acids is 2. The summed E-state index contributed by atoms with van der Waals surface area (Å²) in [5.74, 6) is -0.590. The fourth-order valence-corrected chi connectivity index (χ4v) is 1.70. The molecule has 5 nitrogen and oxygen atoms in total. The Morgan fingerprint density at radius 1 is 1.39 bits per heavy atom. The summed E-state index contributed by atoms with van der Waals surface area (Å²) in [5.41, 5.74) is 1.86. The molecule has 18 heavy (non-hydrogen) atoms. The fraction of sp³-hybridized carbons (Fsp3) is 0.0769. The fourth-order valence-electron chi connectivity index (χ4n) is 1.70. The van der Waals surface area contributed by atoms with Gasteiger partial charge in [-0.25, -0.2) is 4.79 Å². The molecule has 0 saturated heterocycles. The van der Waals surface area contributed by atoms with Crippen LogP contribution in [0.2, 0.25) is 0 Å². The number of methoxy groups -OCH3 is 1. The molecule has 2 aromatic rings. The van der Waals surface area contributed by atoms with E-state index < -0.39 is 5.97 Å². The summed E-state index contributed by atoms with van der Waals surface area (Å²) in [7, 11) is 1.26. The molecule has 0 spiro atoms. The number of para-hydroxylation sites is 1. The van der Waals surface area contributed by atoms with Gasteiger partial charge in [-0.2, -0.15) is 0 Å². The highest BCUT2D eigenvalue weighted by Crippen LogP contribution is 2.19. The monoisotopic (exact) mass is 244 g/mol. The molecule has 2 rings (SSSR count). The summed E-state index contributed by atoms with van der Waals surface area (Å²) >= 11 is 0. The van der Waals surface area contributed by atoms with Crippen LogP contribution in [0.5, 0.6) is 0 Å². The summed E-state index contributed by atoms with van der Waals surface area (Å²) in [4.78, 5) is 25.0. The van der Waals surface area contributed by atoms with E-state index in [0.29, 0.717) is 6.41 Å². The van der Waals surface area contributed by atoms with Crippen LogP contribution < -0.4 is 5.32 Å². The highest BCUT2D eigenvalue weighted by molar-refractivity contribution is 5.98. The second-order valence-corrected chi connectivity index (χ2v) is 3.60. The molecule has 0 aliphatic carbocycles. The molecule has 1 heterocycles. The Hall–Kier alpha value is -2.56. The molecule has 1 aromatic carbocycles. The smallest absolute Gasteiger partial charge is 0.354 e. The maximum Gasteiger partial charge on any atom is 0.354 e. The third-order valence-electron chi connectivity index (χ3n) is 2.54. The van der Waals surface area contributed by atoms with Gasteiger partial charge in [-0.1, -0.05) is 18.2 Å². The topological polar surface area (TPSA) is 71.2 Å². The minimum Gasteiger partial charge on any atom is -0.464 e. The van der Waals surface area contributed by atoms with Crippen molar-refractivity contribution in [2.75, 3.05) is 7.11 Å². The molecule has 0 bridgehead atoms. The maximum atomic E-state index is 11.4. The summed E-state index contributed by atoms with van der Waals surface area (Å²) in [6.07, 6.45) is 3.77. The number of hydrogen-bond acceptors (Lipinski definition) is 3. The lowest BCUT2D eigenvalue weighted by molar-refractivity contribution is -0.137. The zero-order valence-electron chi connectivity index (χ0n) is 9.77. The molecule has 1 aromatic heterocycles. The van der Waals surface area contributed by atoms with Crippen LogP contribution in [0.1, 0.15) is 5.56 Å². The van der Waals surface area contributed by atoms with Crippen LogP contribution in [0.4, 0.5) is 0 Å². The van der Waals surface area contributed by atoms with Crippen LogP contribution in [-0.2, 0) is 14.3 Å².